The fourth-order valence-electron chi connectivity index (χ4n) is 4.76. The van der Waals surface area contributed by atoms with Crippen molar-refractivity contribution in [1.29, 1.82) is 0 Å². The fraction of sp³-hybridized carbons (Fsp3) is 0.520. The van der Waals surface area contributed by atoms with E-state index in [1.165, 1.54) is 44.2 Å². The normalized spacial score (nSPS) is 16.9. The summed E-state index contributed by atoms with van der Waals surface area (Å²) in [5.74, 6) is 2.17. The third-order valence-corrected chi connectivity index (χ3v) is 6.31. The Morgan fingerprint density at radius 2 is 1.86 bits per heavy atom. The Kier molecular flexibility index (Phi) is 9.34. The molecule has 0 fully saturated rings. The van der Waals surface area contributed by atoms with Crippen molar-refractivity contribution in [3.8, 4) is 5.75 Å². The fourth-order valence-corrected chi connectivity index (χ4v) is 4.76. The highest BCUT2D eigenvalue weighted by molar-refractivity contribution is 5.85. The first-order valence-electron chi connectivity index (χ1n) is 10.7. The average molecular weight is 402 g/mol. The van der Waals surface area contributed by atoms with Gasteiger partial charge in [0.15, 0.2) is 0 Å². The number of fused-ring (bicyclic) bond motifs is 1. The van der Waals surface area contributed by atoms with E-state index in [1.807, 2.05) is 0 Å². The van der Waals surface area contributed by atoms with Crippen LogP contribution in [0.4, 0.5) is 0 Å². The Balaban J connectivity index is 0.00000280. The van der Waals surface area contributed by atoms with Crippen molar-refractivity contribution >= 4 is 12.4 Å². The molecule has 0 heterocycles. The van der Waals surface area contributed by atoms with Crippen LogP contribution in [0.5, 0.6) is 5.75 Å². The Morgan fingerprint density at radius 3 is 2.61 bits per heavy atom. The van der Waals surface area contributed by atoms with E-state index in [0.717, 1.165) is 18.8 Å². The van der Waals surface area contributed by atoms with E-state index in [2.05, 4.69) is 67.3 Å². The molecule has 154 valence electrons. The maximum Gasteiger partial charge on any atom is 0.119 e. The molecule has 0 aliphatic heterocycles. The maximum absolute atomic E-state index is 5.53. The van der Waals surface area contributed by atoms with E-state index in [4.69, 9.17) is 4.74 Å². The number of aryl methyl sites for hydroxylation is 1. The second kappa shape index (κ2) is 11.5. The maximum atomic E-state index is 5.53. The van der Waals surface area contributed by atoms with Gasteiger partial charge in [-0.3, -0.25) is 0 Å². The molecule has 1 aliphatic rings. The quantitative estimate of drug-likeness (QED) is 0.479. The number of hydrogen-bond donors (Lipinski definition) is 0. The summed E-state index contributed by atoms with van der Waals surface area (Å²) in [7, 11) is 1.77. The predicted molar refractivity (Wildman–Crippen MR) is 122 cm³/mol. The van der Waals surface area contributed by atoms with Crippen LogP contribution in [0.2, 0.25) is 0 Å². The van der Waals surface area contributed by atoms with Gasteiger partial charge in [0.1, 0.15) is 5.75 Å². The van der Waals surface area contributed by atoms with Crippen LogP contribution in [0, 0.1) is 0 Å². The molecule has 2 atom stereocenters. The number of benzene rings is 2. The van der Waals surface area contributed by atoms with Gasteiger partial charge in [-0.1, -0.05) is 50.2 Å². The van der Waals surface area contributed by atoms with Gasteiger partial charge in [0.25, 0.3) is 0 Å². The highest BCUT2D eigenvalue weighted by Gasteiger charge is 2.29. The lowest BCUT2D eigenvalue weighted by Gasteiger charge is -2.33. The summed E-state index contributed by atoms with van der Waals surface area (Å²) < 4.78 is 5.53. The molecule has 0 radical (unpaired) electrons. The largest absolute Gasteiger partial charge is 0.497 e. The van der Waals surface area contributed by atoms with E-state index in [1.54, 1.807) is 18.2 Å². The number of ether oxygens (including phenoxy) is 1. The highest BCUT2D eigenvalue weighted by atomic mass is 35.5. The van der Waals surface area contributed by atoms with Crippen LogP contribution in [-0.4, -0.2) is 31.6 Å². The third-order valence-electron chi connectivity index (χ3n) is 6.31. The number of halogens is 1. The minimum absolute atomic E-state index is 0. The zero-order valence-corrected chi connectivity index (χ0v) is 18.5. The van der Waals surface area contributed by atoms with Gasteiger partial charge in [-0.05, 0) is 92.4 Å². The molecule has 0 bridgehead atoms. The number of methoxy groups -OCH3 is 1. The van der Waals surface area contributed by atoms with Crippen molar-refractivity contribution in [3.05, 3.63) is 65.2 Å². The van der Waals surface area contributed by atoms with E-state index in [-0.39, 0.29) is 12.4 Å². The molecule has 2 aromatic rings. The molecular formula is C25H36ClNO. The molecule has 2 aromatic carbocycles. The molecule has 0 aromatic heterocycles. The van der Waals surface area contributed by atoms with Crippen LogP contribution in [0.1, 0.15) is 68.1 Å². The number of hydrogen-bond acceptors (Lipinski definition) is 2. The molecule has 28 heavy (non-hydrogen) atoms. The number of nitrogens with zero attached hydrogens (tertiary/aromatic N) is 1. The summed E-state index contributed by atoms with van der Waals surface area (Å²) in [5.41, 5.74) is 4.58. The standard InChI is InChI=1S/C25H35NO.ClH/c1-4-26(5-2)18-10-17-24(21-13-8-14-22(19-21)27-3)25-16-9-12-20-11-6-7-15-23(20)25;/h6-8,11,13-15,19,24-25H,4-5,9-10,12,16-18H2,1-3H3;1H. The second-order valence-electron chi connectivity index (χ2n) is 7.75. The molecule has 0 N–H and O–H groups in total. The van der Waals surface area contributed by atoms with Crippen molar-refractivity contribution in [2.75, 3.05) is 26.7 Å². The van der Waals surface area contributed by atoms with Gasteiger partial charge in [-0.15, -0.1) is 12.4 Å². The Morgan fingerprint density at radius 1 is 1.07 bits per heavy atom. The molecule has 1 aliphatic carbocycles. The first-order chi connectivity index (χ1) is 13.3. The van der Waals surface area contributed by atoms with Crippen LogP contribution in [0.3, 0.4) is 0 Å². The topological polar surface area (TPSA) is 12.5 Å². The summed E-state index contributed by atoms with van der Waals surface area (Å²) in [6.07, 6.45) is 6.32. The summed E-state index contributed by atoms with van der Waals surface area (Å²) >= 11 is 0. The SMILES string of the molecule is CCN(CC)CCCC(c1cccc(OC)c1)C1CCCc2ccccc21.Cl. The van der Waals surface area contributed by atoms with E-state index >= 15 is 0 Å². The van der Waals surface area contributed by atoms with Crippen LogP contribution < -0.4 is 4.74 Å². The van der Waals surface area contributed by atoms with Crippen molar-refractivity contribution in [3.63, 3.8) is 0 Å². The van der Waals surface area contributed by atoms with E-state index < -0.39 is 0 Å². The van der Waals surface area contributed by atoms with Crippen LogP contribution in [0.15, 0.2) is 48.5 Å². The minimum Gasteiger partial charge on any atom is -0.497 e. The van der Waals surface area contributed by atoms with Crippen LogP contribution in [-0.2, 0) is 6.42 Å². The summed E-state index contributed by atoms with van der Waals surface area (Å²) in [6.45, 7) is 8.02. The van der Waals surface area contributed by atoms with Crippen molar-refractivity contribution in [2.45, 2.75) is 57.8 Å². The third kappa shape index (κ3) is 5.52. The van der Waals surface area contributed by atoms with Crippen molar-refractivity contribution in [1.82, 2.24) is 4.90 Å². The lowest BCUT2D eigenvalue weighted by molar-refractivity contribution is 0.288. The summed E-state index contributed by atoms with van der Waals surface area (Å²) in [6, 6.07) is 17.9. The van der Waals surface area contributed by atoms with Crippen molar-refractivity contribution < 1.29 is 4.74 Å². The zero-order valence-electron chi connectivity index (χ0n) is 17.7. The number of rotatable bonds is 9. The van der Waals surface area contributed by atoms with Crippen LogP contribution >= 0.6 is 12.4 Å². The van der Waals surface area contributed by atoms with Gasteiger partial charge in [-0.25, -0.2) is 0 Å². The molecule has 2 nitrogen and oxygen atoms in total. The van der Waals surface area contributed by atoms with Gasteiger partial charge < -0.3 is 9.64 Å². The lowest BCUT2D eigenvalue weighted by Crippen LogP contribution is -2.25. The van der Waals surface area contributed by atoms with Crippen LogP contribution in [0.25, 0.3) is 0 Å². The van der Waals surface area contributed by atoms with Crippen molar-refractivity contribution in [2.24, 2.45) is 0 Å². The first kappa shape index (κ1) is 22.8. The summed E-state index contributed by atoms with van der Waals surface area (Å²) in [5, 5.41) is 0. The lowest BCUT2D eigenvalue weighted by atomic mass is 9.71. The van der Waals surface area contributed by atoms with E-state index in [0.29, 0.717) is 11.8 Å². The van der Waals surface area contributed by atoms with Gasteiger partial charge in [0.2, 0.25) is 0 Å². The summed E-state index contributed by atoms with van der Waals surface area (Å²) in [4.78, 5) is 2.54. The molecule has 0 saturated heterocycles. The molecular weight excluding hydrogens is 366 g/mol. The van der Waals surface area contributed by atoms with Gasteiger partial charge >= 0.3 is 0 Å². The zero-order chi connectivity index (χ0) is 19.1. The predicted octanol–water partition coefficient (Wildman–Crippen LogP) is 6.44. The molecule has 3 heteroatoms. The first-order valence-corrected chi connectivity index (χ1v) is 10.7. The van der Waals surface area contributed by atoms with E-state index in [9.17, 15) is 0 Å². The van der Waals surface area contributed by atoms with Gasteiger partial charge in [-0.2, -0.15) is 0 Å². The second-order valence-corrected chi connectivity index (χ2v) is 7.75. The Labute approximate surface area is 177 Å². The smallest absolute Gasteiger partial charge is 0.119 e. The Hall–Kier alpha value is -1.51. The molecule has 0 amide bonds. The van der Waals surface area contributed by atoms with Gasteiger partial charge in [0.05, 0.1) is 7.11 Å². The average Bonchev–Trinajstić information content (AvgIpc) is 2.74. The molecule has 0 saturated carbocycles. The minimum atomic E-state index is 0. The van der Waals surface area contributed by atoms with Gasteiger partial charge in [0, 0.05) is 0 Å². The monoisotopic (exact) mass is 401 g/mol. The molecule has 3 rings (SSSR count). The Bertz CT molecular complexity index is 713. The highest BCUT2D eigenvalue weighted by Crippen LogP contribution is 2.44. The molecule has 0 spiro atoms. The molecule has 2 unspecified atom stereocenters.